The first-order valence-electron chi connectivity index (χ1n) is 8.47. The second-order valence-corrected chi connectivity index (χ2v) is 7.09. The van der Waals surface area contributed by atoms with Gasteiger partial charge in [-0.1, -0.05) is 18.2 Å². The van der Waals surface area contributed by atoms with E-state index in [-0.39, 0.29) is 11.8 Å². The molecule has 2 amide bonds. The van der Waals surface area contributed by atoms with Gasteiger partial charge in [-0.2, -0.15) is 5.10 Å². The molecule has 3 aromatic rings. The Labute approximate surface area is 154 Å². The molecule has 2 N–H and O–H groups in total. The molecule has 7 heteroatoms. The third-order valence-corrected chi connectivity index (χ3v) is 5.27. The van der Waals surface area contributed by atoms with E-state index < -0.39 is 0 Å². The SMILES string of the molecule is O=C(NCc1ccc(N2CCCC2=O)cc1)c1cc(-c2cccs2)[nH]n1. The van der Waals surface area contributed by atoms with Crippen LogP contribution in [0.3, 0.4) is 0 Å². The minimum absolute atomic E-state index is 0.172. The van der Waals surface area contributed by atoms with E-state index >= 15 is 0 Å². The summed E-state index contributed by atoms with van der Waals surface area (Å²) in [6.07, 6.45) is 1.53. The zero-order valence-electron chi connectivity index (χ0n) is 14.1. The molecule has 0 aliphatic carbocycles. The van der Waals surface area contributed by atoms with Crippen LogP contribution in [0.15, 0.2) is 47.8 Å². The third-order valence-electron chi connectivity index (χ3n) is 4.37. The van der Waals surface area contributed by atoms with Gasteiger partial charge in [-0.3, -0.25) is 14.7 Å². The van der Waals surface area contributed by atoms with E-state index in [1.807, 2.05) is 41.8 Å². The monoisotopic (exact) mass is 366 g/mol. The molecule has 1 aliphatic rings. The molecule has 1 fully saturated rings. The van der Waals surface area contributed by atoms with Gasteiger partial charge in [0.05, 0.1) is 10.6 Å². The first-order chi connectivity index (χ1) is 12.7. The van der Waals surface area contributed by atoms with Crippen molar-refractivity contribution in [3.63, 3.8) is 0 Å². The van der Waals surface area contributed by atoms with Crippen molar-refractivity contribution >= 4 is 28.8 Å². The molecule has 1 saturated heterocycles. The molecule has 0 unspecified atom stereocenters. The lowest BCUT2D eigenvalue weighted by Gasteiger charge is -2.16. The molecular weight excluding hydrogens is 348 g/mol. The fourth-order valence-corrected chi connectivity index (χ4v) is 3.68. The molecule has 1 aromatic carbocycles. The summed E-state index contributed by atoms with van der Waals surface area (Å²) in [4.78, 5) is 26.9. The van der Waals surface area contributed by atoms with Gasteiger partial charge in [0.25, 0.3) is 5.91 Å². The number of nitrogens with zero attached hydrogens (tertiary/aromatic N) is 2. The number of thiophene rings is 1. The maximum absolute atomic E-state index is 12.3. The van der Waals surface area contributed by atoms with Gasteiger partial charge in [-0.15, -0.1) is 11.3 Å². The molecule has 6 nitrogen and oxygen atoms in total. The smallest absolute Gasteiger partial charge is 0.272 e. The number of anilines is 1. The highest BCUT2D eigenvalue weighted by molar-refractivity contribution is 7.13. The number of amides is 2. The molecule has 0 atom stereocenters. The number of nitrogens with one attached hydrogen (secondary N) is 2. The lowest BCUT2D eigenvalue weighted by molar-refractivity contribution is -0.117. The highest BCUT2D eigenvalue weighted by Gasteiger charge is 2.21. The lowest BCUT2D eigenvalue weighted by Crippen LogP contribution is -2.24. The predicted molar refractivity (Wildman–Crippen MR) is 101 cm³/mol. The number of H-pyrrole nitrogens is 1. The molecule has 2 aromatic heterocycles. The van der Waals surface area contributed by atoms with E-state index in [2.05, 4.69) is 15.5 Å². The van der Waals surface area contributed by atoms with Crippen molar-refractivity contribution in [2.45, 2.75) is 19.4 Å². The van der Waals surface area contributed by atoms with Crippen LogP contribution in [-0.4, -0.2) is 28.6 Å². The van der Waals surface area contributed by atoms with E-state index in [1.165, 1.54) is 0 Å². The number of hydrogen-bond acceptors (Lipinski definition) is 4. The van der Waals surface area contributed by atoms with Crippen LogP contribution in [0, 0.1) is 0 Å². The Hall–Kier alpha value is -2.93. The quantitative estimate of drug-likeness (QED) is 0.728. The molecule has 4 rings (SSSR count). The standard InChI is InChI=1S/C19H18N4O2S/c24-18-4-1-9-23(18)14-7-5-13(6-8-14)12-20-19(25)16-11-15(21-22-16)17-3-2-10-26-17/h2-3,5-8,10-11H,1,4,9,12H2,(H,20,25)(H,21,22). The Kier molecular flexibility index (Phi) is 4.53. The Balaban J connectivity index is 1.36. The minimum atomic E-state index is -0.220. The van der Waals surface area contributed by atoms with Gasteiger partial charge in [0.15, 0.2) is 5.69 Å². The fourth-order valence-electron chi connectivity index (χ4n) is 2.98. The third kappa shape index (κ3) is 3.39. The minimum Gasteiger partial charge on any atom is -0.347 e. The highest BCUT2D eigenvalue weighted by Crippen LogP contribution is 2.23. The molecule has 132 valence electrons. The normalized spacial score (nSPS) is 14.0. The molecule has 3 heterocycles. The summed E-state index contributed by atoms with van der Waals surface area (Å²) in [5.41, 5.74) is 3.09. The van der Waals surface area contributed by atoms with Crippen molar-refractivity contribution in [1.82, 2.24) is 15.5 Å². The Morgan fingerprint density at radius 1 is 1.27 bits per heavy atom. The number of hydrogen-bond donors (Lipinski definition) is 2. The highest BCUT2D eigenvalue weighted by atomic mass is 32.1. The summed E-state index contributed by atoms with van der Waals surface area (Å²) < 4.78 is 0. The Bertz CT molecular complexity index is 915. The number of aromatic amines is 1. The predicted octanol–water partition coefficient (Wildman–Crippen LogP) is 3.20. The van der Waals surface area contributed by atoms with Crippen molar-refractivity contribution in [3.05, 3.63) is 59.1 Å². The molecule has 0 radical (unpaired) electrons. The zero-order chi connectivity index (χ0) is 17.9. The molecule has 0 bridgehead atoms. The second-order valence-electron chi connectivity index (χ2n) is 6.14. The summed E-state index contributed by atoms with van der Waals surface area (Å²) in [6, 6.07) is 13.4. The second kappa shape index (κ2) is 7.13. The van der Waals surface area contributed by atoms with E-state index in [4.69, 9.17) is 0 Å². The van der Waals surface area contributed by atoms with Crippen molar-refractivity contribution in [3.8, 4) is 10.6 Å². The van der Waals surface area contributed by atoms with Crippen LogP contribution < -0.4 is 10.2 Å². The summed E-state index contributed by atoms with van der Waals surface area (Å²) in [7, 11) is 0. The number of aromatic nitrogens is 2. The topological polar surface area (TPSA) is 78.1 Å². The van der Waals surface area contributed by atoms with Crippen LogP contribution in [0.25, 0.3) is 10.6 Å². The molecular formula is C19H18N4O2S. The van der Waals surface area contributed by atoms with Crippen molar-refractivity contribution in [1.29, 1.82) is 0 Å². The van der Waals surface area contributed by atoms with Crippen LogP contribution in [0.4, 0.5) is 5.69 Å². The van der Waals surface area contributed by atoms with Gasteiger partial charge in [0.2, 0.25) is 5.91 Å². The van der Waals surface area contributed by atoms with E-state index in [1.54, 1.807) is 22.3 Å². The lowest BCUT2D eigenvalue weighted by atomic mass is 10.2. The maximum Gasteiger partial charge on any atom is 0.272 e. The average molecular weight is 366 g/mol. The van der Waals surface area contributed by atoms with E-state index in [0.717, 1.165) is 34.8 Å². The number of rotatable bonds is 5. The van der Waals surface area contributed by atoms with Gasteiger partial charge < -0.3 is 10.2 Å². The summed E-state index contributed by atoms with van der Waals surface area (Å²) >= 11 is 1.59. The molecule has 26 heavy (non-hydrogen) atoms. The molecule has 0 spiro atoms. The Morgan fingerprint density at radius 2 is 2.12 bits per heavy atom. The maximum atomic E-state index is 12.3. The van der Waals surface area contributed by atoms with Crippen LogP contribution in [0.2, 0.25) is 0 Å². The number of benzene rings is 1. The zero-order valence-corrected chi connectivity index (χ0v) is 14.9. The van der Waals surface area contributed by atoms with E-state index in [0.29, 0.717) is 18.7 Å². The van der Waals surface area contributed by atoms with Crippen LogP contribution >= 0.6 is 11.3 Å². The van der Waals surface area contributed by atoms with E-state index in [9.17, 15) is 9.59 Å². The number of carbonyl (C=O) groups excluding carboxylic acids is 2. The average Bonchev–Trinajstić information content (AvgIpc) is 3.40. The van der Waals surface area contributed by atoms with Crippen molar-refractivity contribution < 1.29 is 9.59 Å². The van der Waals surface area contributed by atoms with Gasteiger partial charge in [-0.05, 0) is 41.6 Å². The Morgan fingerprint density at radius 3 is 2.81 bits per heavy atom. The van der Waals surface area contributed by atoms with Crippen LogP contribution in [-0.2, 0) is 11.3 Å². The summed E-state index contributed by atoms with van der Waals surface area (Å²) in [5.74, 6) is -0.0472. The van der Waals surface area contributed by atoms with Crippen molar-refractivity contribution in [2.75, 3.05) is 11.4 Å². The first kappa shape index (κ1) is 16.5. The molecule has 0 saturated carbocycles. The first-order valence-corrected chi connectivity index (χ1v) is 9.35. The fraction of sp³-hybridized carbons (Fsp3) is 0.211. The van der Waals surface area contributed by atoms with Crippen LogP contribution in [0.1, 0.15) is 28.9 Å². The van der Waals surface area contributed by atoms with Gasteiger partial charge >= 0.3 is 0 Å². The van der Waals surface area contributed by atoms with Gasteiger partial charge in [0, 0.05) is 25.2 Å². The van der Waals surface area contributed by atoms with Gasteiger partial charge in [-0.25, -0.2) is 0 Å². The van der Waals surface area contributed by atoms with Crippen LogP contribution in [0.5, 0.6) is 0 Å². The van der Waals surface area contributed by atoms with Crippen molar-refractivity contribution in [2.24, 2.45) is 0 Å². The number of carbonyl (C=O) groups is 2. The summed E-state index contributed by atoms with van der Waals surface area (Å²) in [5, 5.41) is 11.8. The van der Waals surface area contributed by atoms with Gasteiger partial charge in [0.1, 0.15) is 0 Å². The largest absolute Gasteiger partial charge is 0.347 e. The molecule has 1 aliphatic heterocycles. The summed E-state index contributed by atoms with van der Waals surface area (Å²) in [6.45, 7) is 1.19.